The van der Waals surface area contributed by atoms with Crippen molar-refractivity contribution in [2.75, 3.05) is 5.32 Å². The molecule has 4 nitrogen and oxygen atoms in total. The van der Waals surface area contributed by atoms with Gasteiger partial charge in [-0.25, -0.2) is 4.39 Å². The van der Waals surface area contributed by atoms with Gasteiger partial charge in [0.25, 0.3) is 0 Å². The van der Waals surface area contributed by atoms with Gasteiger partial charge in [-0.15, -0.1) is 0 Å². The van der Waals surface area contributed by atoms with Gasteiger partial charge in [-0.1, -0.05) is 0 Å². The molecule has 0 fully saturated rings. The smallest absolute Gasteiger partial charge is 0.246 e. The molecule has 2 aromatic rings. The third kappa shape index (κ3) is 3.52. The van der Waals surface area contributed by atoms with Gasteiger partial charge in [0.2, 0.25) is 5.91 Å². The summed E-state index contributed by atoms with van der Waals surface area (Å²) in [6, 6.07) is 6.16. The summed E-state index contributed by atoms with van der Waals surface area (Å²) >= 11 is 1.98. The molecule has 6 heteroatoms. The van der Waals surface area contributed by atoms with Crippen LogP contribution in [-0.4, -0.2) is 15.7 Å². The van der Waals surface area contributed by atoms with Crippen LogP contribution in [0.15, 0.2) is 24.3 Å². The molecule has 0 saturated heterocycles. The Bertz CT molecular complexity index is 624. The van der Waals surface area contributed by atoms with Crippen molar-refractivity contribution in [1.82, 2.24) is 9.78 Å². The summed E-state index contributed by atoms with van der Waals surface area (Å²) in [6.07, 6.45) is 0. The largest absolute Gasteiger partial charge is 0.324 e. The van der Waals surface area contributed by atoms with Gasteiger partial charge >= 0.3 is 0 Å². The third-order valence-corrected chi connectivity index (χ3v) is 3.49. The Morgan fingerprint density at radius 2 is 2.16 bits per heavy atom. The fourth-order valence-corrected chi connectivity index (χ4v) is 2.36. The lowest BCUT2D eigenvalue weighted by Crippen LogP contribution is -2.20. The molecule has 0 aliphatic rings. The van der Waals surface area contributed by atoms with Crippen molar-refractivity contribution in [2.24, 2.45) is 0 Å². The maximum atomic E-state index is 13.0. The van der Waals surface area contributed by atoms with E-state index in [1.54, 1.807) is 10.7 Å². The molecule has 1 heterocycles. The first-order valence-corrected chi connectivity index (χ1v) is 6.79. The van der Waals surface area contributed by atoms with Crippen LogP contribution in [0.5, 0.6) is 0 Å². The molecule has 1 amide bonds. The number of carbonyl (C=O) groups excluding carboxylic acids is 1. The molecule has 0 spiro atoms. The van der Waals surface area contributed by atoms with Gasteiger partial charge in [0, 0.05) is 9.26 Å². The summed E-state index contributed by atoms with van der Waals surface area (Å²) in [6.45, 7) is 3.92. The van der Waals surface area contributed by atoms with E-state index in [4.69, 9.17) is 0 Å². The van der Waals surface area contributed by atoms with Gasteiger partial charge in [0.05, 0.1) is 11.4 Å². The SMILES string of the molecule is Cc1cc(C)n(CC(=O)Nc2ccc(F)cc2I)n1. The Hall–Kier alpha value is -1.44. The van der Waals surface area contributed by atoms with Crippen molar-refractivity contribution in [3.8, 4) is 0 Å². The number of anilines is 1. The summed E-state index contributed by atoms with van der Waals surface area (Å²) in [4.78, 5) is 11.9. The minimum atomic E-state index is -0.319. The van der Waals surface area contributed by atoms with E-state index in [9.17, 15) is 9.18 Å². The molecule has 2 rings (SSSR count). The highest BCUT2D eigenvalue weighted by Crippen LogP contribution is 2.19. The number of carbonyl (C=O) groups is 1. The van der Waals surface area contributed by atoms with E-state index in [1.165, 1.54) is 12.1 Å². The van der Waals surface area contributed by atoms with Crippen LogP contribution in [0.3, 0.4) is 0 Å². The van der Waals surface area contributed by atoms with E-state index in [0.29, 0.717) is 9.26 Å². The van der Waals surface area contributed by atoms with Crippen LogP contribution in [0.1, 0.15) is 11.4 Å². The van der Waals surface area contributed by atoms with E-state index in [2.05, 4.69) is 10.4 Å². The number of halogens is 2. The van der Waals surface area contributed by atoms with E-state index in [1.807, 2.05) is 42.5 Å². The summed E-state index contributed by atoms with van der Waals surface area (Å²) in [7, 11) is 0. The summed E-state index contributed by atoms with van der Waals surface area (Å²) in [5, 5.41) is 6.97. The molecular formula is C13H13FIN3O. The van der Waals surface area contributed by atoms with Crippen LogP contribution in [0, 0.1) is 23.2 Å². The highest BCUT2D eigenvalue weighted by molar-refractivity contribution is 14.1. The lowest BCUT2D eigenvalue weighted by atomic mass is 10.3. The molecule has 0 bridgehead atoms. The number of hydrogen-bond donors (Lipinski definition) is 1. The van der Waals surface area contributed by atoms with Crippen LogP contribution in [-0.2, 0) is 11.3 Å². The van der Waals surface area contributed by atoms with Gasteiger partial charge in [0.1, 0.15) is 12.4 Å². The minimum Gasteiger partial charge on any atom is -0.324 e. The Kier molecular flexibility index (Phi) is 4.18. The molecule has 0 radical (unpaired) electrons. The molecule has 19 heavy (non-hydrogen) atoms. The average Bonchev–Trinajstić information content (AvgIpc) is 2.61. The predicted octanol–water partition coefficient (Wildman–Crippen LogP) is 2.88. The van der Waals surface area contributed by atoms with E-state index in [0.717, 1.165) is 11.4 Å². The highest BCUT2D eigenvalue weighted by atomic mass is 127. The lowest BCUT2D eigenvalue weighted by molar-refractivity contribution is -0.116. The van der Waals surface area contributed by atoms with Crippen molar-refractivity contribution in [3.05, 3.63) is 45.0 Å². The number of aromatic nitrogens is 2. The van der Waals surface area contributed by atoms with Crippen LogP contribution in [0.4, 0.5) is 10.1 Å². The van der Waals surface area contributed by atoms with Crippen molar-refractivity contribution in [1.29, 1.82) is 0 Å². The average molecular weight is 373 g/mol. The van der Waals surface area contributed by atoms with Gasteiger partial charge in [-0.2, -0.15) is 5.10 Å². The number of nitrogens with one attached hydrogen (secondary N) is 1. The Morgan fingerprint density at radius 3 is 2.74 bits per heavy atom. The molecular weight excluding hydrogens is 360 g/mol. The molecule has 0 aliphatic carbocycles. The van der Waals surface area contributed by atoms with E-state index in [-0.39, 0.29) is 18.3 Å². The second-order valence-electron chi connectivity index (χ2n) is 4.26. The number of rotatable bonds is 3. The van der Waals surface area contributed by atoms with Crippen molar-refractivity contribution in [3.63, 3.8) is 0 Å². The first-order valence-electron chi connectivity index (χ1n) is 5.71. The first kappa shape index (κ1) is 14.0. The number of benzene rings is 1. The van der Waals surface area contributed by atoms with E-state index >= 15 is 0 Å². The molecule has 0 aliphatic heterocycles. The normalized spacial score (nSPS) is 10.5. The van der Waals surface area contributed by atoms with Gasteiger partial charge in [-0.3, -0.25) is 9.48 Å². The quantitative estimate of drug-likeness (QED) is 0.842. The molecule has 100 valence electrons. The summed E-state index contributed by atoms with van der Waals surface area (Å²) < 4.78 is 15.3. The van der Waals surface area contributed by atoms with Gasteiger partial charge in [-0.05, 0) is 60.7 Å². The zero-order valence-corrected chi connectivity index (χ0v) is 12.7. The van der Waals surface area contributed by atoms with Gasteiger partial charge < -0.3 is 5.32 Å². The second kappa shape index (κ2) is 5.68. The number of aryl methyl sites for hydroxylation is 2. The lowest BCUT2D eigenvalue weighted by Gasteiger charge is -2.08. The molecule has 0 unspecified atom stereocenters. The van der Waals surface area contributed by atoms with Crippen molar-refractivity contribution >= 4 is 34.2 Å². The first-order chi connectivity index (χ1) is 8.95. The van der Waals surface area contributed by atoms with Crippen molar-refractivity contribution < 1.29 is 9.18 Å². The van der Waals surface area contributed by atoms with Crippen molar-refractivity contribution in [2.45, 2.75) is 20.4 Å². The van der Waals surface area contributed by atoms with Crippen LogP contribution >= 0.6 is 22.6 Å². The topological polar surface area (TPSA) is 46.9 Å². The summed E-state index contributed by atoms with van der Waals surface area (Å²) in [5.74, 6) is -0.503. The van der Waals surface area contributed by atoms with Crippen LogP contribution < -0.4 is 5.32 Å². The monoisotopic (exact) mass is 373 g/mol. The molecule has 1 aromatic heterocycles. The predicted molar refractivity (Wildman–Crippen MR) is 79.4 cm³/mol. The standard InChI is InChI=1S/C13H13FIN3O/c1-8-5-9(2)18(17-8)7-13(19)16-12-4-3-10(14)6-11(12)15/h3-6H,7H2,1-2H3,(H,16,19). The fraction of sp³-hybridized carbons (Fsp3) is 0.231. The second-order valence-corrected chi connectivity index (χ2v) is 5.42. The minimum absolute atomic E-state index is 0.146. The fourth-order valence-electron chi connectivity index (χ4n) is 1.75. The van der Waals surface area contributed by atoms with E-state index < -0.39 is 0 Å². The third-order valence-electron chi connectivity index (χ3n) is 2.60. The number of amides is 1. The molecule has 1 aromatic carbocycles. The summed E-state index contributed by atoms with van der Waals surface area (Å²) in [5.41, 5.74) is 2.41. The zero-order chi connectivity index (χ0) is 14.0. The van der Waals surface area contributed by atoms with Crippen LogP contribution in [0.25, 0.3) is 0 Å². The Balaban J connectivity index is 2.07. The zero-order valence-electron chi connectivity index (χ0n) is 10.6. The Morgan fingerprint density at radius 1 is 1.42 bits per heavy atom. The molecule has 1 N–H and O–H groups in total. The molecule has 0 saturated carbocycles. The number of nitrogens with zero attached hydrogens (tertiary/aromatic N) is 2. The molecule has 0 atom stereocenters. The van der Waals surface area contributed by atoms with Gasteiger partial charge in [0.15, 0.2) is 0 Å². The maximum absolute atomic E-state index is 13.0. The Labute approximate surface area is 124 Å². The van der Waals surface area contributed by atoms with Crippen LogP contribution in [0.2, 0.25) is 0 Å². The number of hydrogen-bond acceptors (Lipinski definition) is 2. The highest BCUT2D eigenvalue weighted by Gasteiger charge is 2.09. The maximum Gasteiger partial charge on any atom is 0.246 e.